The van der Waals surface area contributed by atoms with Crippen LogP contribution in [0.15, 0.2) is 255 Å². The van der Waals surface area contributed by atoms with Crippen LogP contribution < -0.4 is 0 Å². The number of aromatic nitrogens is 2. The predicted octanol–water partition coefficient (Wildman–Crippen LogP) is 19.5. The highest BCUT2D eigenvalue weighted by molar-refractivity contribution is 7.26. The molecule has 0 aliphatic rings. The van der Waals surface area contributed by atoms with E-state index in [2.05, 4.69) is 259 Å². The van der Waals surface area contributed by atoms with E-state index in [0.29, 0.717) is 0 Å². The van der Waals surface area contributed by atoms with E-state index in [1.807, 2.05) is 11.3 Å². The van der Waals surface area contributed by atoms with Crippen LogP contribution in [0, 0.1) is 0 Å². The lowest BCUT2D eigenvalue weighted by molar-refractivity contribution is 1.25. The maximum Gasteiger partial charge on any atom is 0.156 e. The summed E-state index contributed by atoms with van der Waals surface area (Å²) < 4.78 is 4.90. The molecule has 3 heteroatoms. The van der Waals surface area contributed by atoms with Crippen molar-refractivity contribution in [3.63, 3.8) is 0 Å². The van der Waals surface area contributed by atoms with Crippen molar-refractivity contribution in [2.24, 2.45) is 0 Å². The van der Waals surface area contributed by atoms with Crippen molar-refractivity contribution in [3.05, 3.63) is 255 Å². The smallest absolute Gasteiger partial charge is 0.156 e. The maximum absolute atomic E-state index is 5.58. The zero-order valence-electron chi connectivity index (χ0n) is 39.1. The molecule has 12 aromatic carbocycles. The SMILES string of the molecule is c1ccc(-c2cc(-c3ccccc3)cc(-c3ccc(-c4ccc(-c5ccc(-c6cc7c8cc9ccccc9cc8sc7c7nc8c9cc%10ccccc%10cc9ccc8n67)cc5)c5ccccc45)cc3)c2)cc1. The molecule has 15 aromatic rings. The molecule has 0 radical (unpaired) electrons. The standard InChI is InChI=1S/C69H42N2S/c1-3-13-43(14-4-1)54-36-55(44-15-5-2-6-16-44)38-56(37-54)45-23-25-46(26-24-45)57-32-33-58(60-22-12-11-21-59(57)60)47-27-29-48(30-28-47)65-42-63-62-40-51-19-9-10-20-52(51)41-66(62)72-68(63)69-70-67-61-39-50-18-8-7-17-49(50)35-53(61)31-34-64(67)71(65)69/h1-42H. The Bertz CT molecular complexity index is 4580. The zero-order chi connectivity index (χ0) is 47.3. The molecule has 3 aromatic heterocycles. The Kier molecular flexibility index (Phi) is 9.17. The van der Waals surface area contributed by atoms with Crippen LogP contribution in [-0.2, 0) is 0 Å². The van der Waals surface area contributed by atoms with E-state index >= 15 is 0 Å². The Balaban J connectivity index is 0.835. The second-order valence-corrected chi connectivity index (χ2v) is 20.1. The largest absolute Gasteiger partial charge is 0.291 e. The first kappa shape index (κ1) is 40.7. The van der Waals surface area contributed by atoms with Gasteiger partial charge in [-0.05, 0) is 153 Å². The average Bonchev–Trinajstić information content (AvgIpc) is 4.03. The molecule has 15 rings (SSSR count). The molecule has 0 amide bonds. The van der Waals surface area contributed by atoms with Crippen LogP contribution in [0.3, 0.4) is 0 Å². The van der Waals surface area contributed by atoms with Crippen molar-refractivity contribution in [2.45, 2.75) is 0 Å². The topological polar surface area (TPSA) is 17.3 Å². The number of rotatable bonds is 6. The van der Waals surface area contributed by atoms with Crippen molar-refractivity contribution >= 4 is 91.3 Å². The van der Waals surface area contributed by atoms with E-state index in [0.717, 1.165) is 27.9 Å². The number of nitrogens with zero attached hydrogens (tertiary/aromatic N) is 2. The van der Waals surface area contributed by atoms with Crippen molar-refractivity contribution in [1.82, 2.24) is 9.38 Å². The highest BCUT2D eigenvalue weighted by Gasteiger charge is 2.20. The van der Waals surface area contributed by atoms with Crippen LogP contribution in [0.1, 0.15) is 0 Å². The second kappa shape index (κ2) is 16.2. The van der Waals surface area contributed by atoms with Crippen LogP contribution >= 0.6 is 11.3 Å². The minimum atomic E-state index is 1.000. The molecule has 2 nitrogen and oxygen atoms in total. The third-order valence-electron chi connectivity index (χ3n) is 14.9. The Morgan fingerprint density at radius 3 is 1.35 bits per heavy atom. The molecule has 3 heterocycles. The first-order chi connectivity index (χ1) is 35.6. The van der Waals surface area contributed by atoms with Gasteiger partial charge in [-0.25, -0.2) is 4.98 Å². The first-order valence-corrected chi connectivity index (χ1v) is 25.5. The van der Waals surface area contributed by atoms with Gasteiger partial charge in [-0.1, -0.05) is 200 Å². The summed E-state index contributed by atoms with van der Waals surface area (Å²) in [7, 11) is 0. The number of thiophene rings is 1. The number of pyridine rings is 1. The van der Waals surface area contributed by atoms with Crippen molar-refractivity contribution in [2.75, 3.05) is 0 Å². The van der Waals surface area contributed by atoms with Gasteiger partial charge in [0.1, 0.15) is 0 Å². The van der Waals surface area contributed by atoms with E-state index < -0.39 is 0 Å². The molecule has 0 N–H and O–H groups in total. The highest BCUT2D eigenvalue weighted by Crippen LogP contribution is 2.44. The van der Waals surface area contributed by atoms with Gasteiger partial charge in [0.2, 0.25) is 0 Å². The fourth-order valence-corrected chi connectivity index (χ4v) is 12.5. The van der Waals surface area contributed by atoms with E-state index in [1.165, 1.54) is 119 Å². The van der Waals surface area contributed by atoms with E-state index in [-0.39, 0.29) is 0 Å². The van der Waals surface area contributed by atoms with E-state index in [4.69, 9.17) is 4.98 Å². The van der Waals surface area contributed by atoms with Crippen LogP contribution in [0.4, 0.5) is 0 Å². The molecule has 0 aliphatic carbocycles. The lowest BCUT2D eigenvalue weighted by Crippen LogP contribution is -1.93. The number of hydrogen-bond donors (Lipinski definition) is 0. The summed E-state index contributed by atoms with van der Waals surface area (Å²) in [5.41, 5.74) is 17.5. The van der Waals surface area contributed by atoms with Crippen LogP contribution in [0.25, 0.3) is 147 Å². The molecular formula is C69H42N2S. The van der Waals surface area contributed by atoms with Crippen molar-refractivity contribution in [1.29, 1.82) is 0 Å². The van der Waals surface area contributed by atoms with Gasteiger partial charge in [0.15, 0.2) is 5.65 Å². The summed E-state index contributed by atoms with van der Waals surface area (Å²) in [4.78, 5) is 5.58. The van der Waals surface area contributed by atoms with Gasteiger partial charge in [0.05, 0.1) is 21.4 Å². The van der Waals surface area contributed by atoms with Crippen molar-refractivity contribution < 1.29 is 0 Å². The summed E-state index contributed by atoms with van der Waals surface area (Å²) in [5.74, 6) is 0. The molecule has 0 saturated heterocycles. The molecule has 72 heavy (non-hydrogen) atoms. The molecule has 0 saturated carbocycles. The molecular weight excluding hydrogens is 889 g/mol. The third kappa shape index (κ3) is 6.59. The van der Waals surface area contributed by atoms with E-state index in [9.17, 15) is 0 Å². The second-order valence-electron chi connectivity index (χ2n) is 19.1. The zero-order valence-corrected chi connectivity index (χ0v) is 39.9. The summed E-state index contributed by atoms with van der Waals surface area (Å²) in [6.45, 7) is 0. The van der Waals surface area contributed by atoms with Gasteiger partial charge in [-0.2, -0.15) is 0 Å². The van der Waals surface area contributed by atoms with Gasteiger partial charge in [0.25, 0.3) is 0 Å². The maximum atomic E-state index is 5.58. The third-order valence-corrected chi connectivity index (χ3v) is 16.1. The summed E-state index contributed by atoms with van der Waals surface area (Å²) in [6.07, 6.45) is 0. The lowest BCUT2D eigenvalue weighted by atomic mass is 9.90. The van der Waals surface area contributed by atoms with Gasteiger partial charge < -0.3 is 0 Å². The van der Waals surface area contributed by atoms with Gasteiger partial charge >= 0.3 is 0 Å². The van der Waals surface area contributed by atoms with Crippen LogP contribution in [0.2, 0.25) is 0 Å². The molecule has 0 fully saturated rings. The summed E-state index contributed by atoms with van der Waals surface area (Å²) in [5, 5.41) is 12.3. The molecule has 0 bridgehead atoms. The summed E-state index contributed by atoms with van der Waals surface area (Å²) >= 11 is 1.85. The van der Waals surface area contributed by atoms with Crippen molar-refractivity contribution in [3.8, 4) is 66.9 Å². The van der Waals surface area contributed by atoms with Crippen LogP contribution in [-0.4, -0.2) is 9.38 Å². The van der Waals surface area contributed by atoms with Crippen LogP contribution in [0.5, 0.6) is 0 Å². The van der Waals surface area contributed by atoms with Gasteiger partial charge in [0, 0.05) is 20.9 Å². The van der Waals surface area contributed by atoms with E-state index in [1.54, 1.807) is 0 Å². The highest BCUT2D eigenvalue weighted by atomic mass is 32.1. The van der Waals surface area contributed by atoms with Gasteiger partial charge in [-0.3, -0.25) is 4.40 Å². The monoisotopic (exact) mass is 930 g/mol. The minimum absolute atomic E-state index is 1.000. The Labute approximate surface area is 420 Å². The molecule has 334 valence electrons. The Morgan fingerprint density at radius 1 is 0.292 bits per heavy atom. The number of fused-ring (bicyclic) bond motifs is 12. The Morgan fingerprint density at radius 2 is 0.764 bits per heavy atom. The minimum Gasteiger partial charge on any atom is -0.291 e. The quantitative estimate of drug-likeness (QED) is 0.152. The molecule has 0 atom stereocenters. The predicted molar refractivity (Wildman–Crippen MR) is 308 cm³/mol. The fourth-order valence-electron chi connectivity index (χ4n) is 11.3. The lowest BCUT2D eigenvalue weighted by Gasteiger charge is -2.14. The molecule has 0 spiro atoms. The number of imidazole rings is 1. The number of hydrogen-bond acceptors (Lipinski definition) is 2. The molecule has 0 aliphatic heterocycles. The fraction of sp³-hybridized carbons (Fsp3) is 0. The Hall–Kier alpha value is -9.15. The average molecular weight is 931 g/mol. The molecule has 0 unspecified atom stereocenters. The first-order valence-electron chi connectivity index (χ1n) is 24.7. The summed E-state index contributed by atoms with van der Waals surface area (Å²) in [6, 6.07) is 93.7. The normalized spacial score (nSPS) is 11.9. The van der Waals surface area contributed by atoms with Gasteiger partial charge in [-0.15, -0.1) is 11.3 Å². The number of benzene rings is 12.